The Morgan fingerprint density at radius 2 is 1.81 bits per heavy atom. The van der Waals surface area contributed by atoms with Crippen LogP contribution in [-0.4, -0.2) is 36.6 Å². The van der Waals surface area contributed by atoms with Crippen LogP contribution in [0, 0.1) is 20.8 Å². The summed E-state index contributed by atoms with van der Waals surface area (Å²) in [5, 5.41) is 7.61. The highest BCUT2D eigenvalue weighted by atomic mass is 32.2. The van der Waals surface area contributed by atoms with Gasteiger partial charge in [-0.15, -0.1) is 11.3 Å². The number of hydrogen-bond acceptors (Lipinski definition) is 10. The third-order valence-corrected chi connectivity index (χ3v) is 7.44. The summed E-state index contributed by atoms with van der Waals surface area (Å²) in [5.41, 5.74) is 2.55. The van der Waals surface area contributed by atoms with Gasteiger partial charge in [0.2, 0.25) is 5.88 Å². The van der Waals surface area contributed by atoms with E-state index in [4.69, 9.17) is 9.26 Å². The molecule has 0 saturated heterocycles. The van der Waals surface area contributed by atoms with Gasteiger partial charge in [0.05, 0.1) is 23.1 Å². The molecule has 10 nitrogen and oxygen atoms in total. The summed E-state index contributed by atoms with van der Waals surface area (Å²) in [6.45, 7) is 5.25. The number of carbonyl (C=O) groups excluding carboxylic acids is 1. The minimum Gasteiger partial charge on any atom is -0.465 e. The normalized spacial score (nSPS) is 11.5. The van der Waals surface area contributed by atoms with E-state index in [1.54, 1.807) is 32.9 Å². The van der Waals surface area contributed by atoms with Gasteiger partial charge in [0.1, 0.15) is 21.9 Å². The Balaban J connectivity index is 1.60. The van der Waals surface area contributed by atoms with Crippen molar-refractivity contribution in [2.75, 3.05) is 17.1 Å². The van der Waals surface area contributed by atoms with E-state index < -0.39 is 16.0 Å². The Hall–Kier alpha value is -3.51. The first-order valence-electron chi connectivity index (χ1n) is 9.36. The molecule has 0 unspecified atom stereocenters. The van der Waals surface area contributed by atoms with Gasteiger partial charge in [0, 0.05) is 11.3 Å². The number of hydrogen-bond donors (Lipinski definition) is 2. The number of nitrogens with one attached hydrogen (secondary N) is 2. The van der Waals surface area contributed by atoms with Crippen LogP contribution in [0.2, 0.25) is 0 Å². The van der Waals surface area contributed by atoms with Crippen molar-refractivity contribution < 1.29 is 22.5 Å². The van der Waals surface area contributed by atoms with Crippen molar-refractivity contribution in [1.82, 2.24) is 15.1 Å². The Morgan fingerprint density at radius 3 is 2.44 bits per heavy atom. The molecule has 0 aliphatic rings. The molecule has 12 heteroatoms. The Labute approximate surface area is 187 Å². The van der Waals surface area contributed by atoms with Crippen LogP contribution in [0.3, 0.4) is 0 Å². The molecule has 3 aromatic heterocycles. The van der Waals surface area contributed by atoms with Gasteiger partial charge < -0.3 is 14.6 Å². The molecule has 0 bridgehead atoms. The largest absolute Gasteiger partial charge is 0.465 e. The monoisotopic (exact) mass is 473 g/mol. The van der Waals surface area contributed by atoms with Crippen molar-refractivity contribution >= 4 is 54.9 Å². The van der Waals surface area contributed by atoms with Gasteiger partial charge in [-0.05, 0) is 50.6 Å². The lowest BCUT2D eigenvalue weighted by Crippen LogP contribution is -2.13. The summed E-state index contributed by atoms with van der Waals surface area (Å²) in [5.74, 6) is 0.151. The Bertz CT molecular complexity index is 1420. The van der Waals surface area contributed by atoms with Crippen molar-refractivity contribution in [1.29, 1.82) is 0 Å². The number of ether oxygens (including phenoxy) is 1. The number of benzene rings is 1. The lowest BCUT2D eigenvalue weighted by Gasteiger charge is -2.09. The molecule has 0 amide bonds. The van der Waals surface area contributed by atoms with Crippen molar-refractivity contribution in [3.05, 3.63) is 52.3 Å². The topological polar surface area (TPSA) is 136 Å². The molecule has 4 rings (SSSR count). The minimum atomic E-state index is -3.85. The first-order chi connectivity index (χ1) is 15.2. The molecule has 0 aliphatic carbocycles. The SMILES string of the molecule is COC(=O)c1sc2ncnc(Nc3ccc(S(=O)(=O)Nc4onc(C)c4C)cc3)c2c1C. The van der Waals surface area contributed by atoms with Gasteiger partial charge in [0.25, 0.3) is 10.0 Å². The molecule has 1 aromatic carbocycles. The molecule has 0 atom stereocenters. The molecule has 0 spiro atoms. The quantitative estimate of drug-likeness (QED) is 0.399. The van der Waals surface area contributed by atoms with E-state index in [1.807, 2.05) is 0 Å². The fourth-order valence-electron chi connectivity index (χ4n) is 3.00. The third-order valence-electron chi connectivity index (χ3n) is 4.91. The lowest BCUT2D eigenvalue weighted by atomic mass is 10.2. The van der Waals surface area contributed by atoms with Crippen molar-refractivity contribution in [3.63, 3.8) is 0 Å². The molecule has 0 saturated carbocycles. The number of fused-ring (bicyclic) bond motifs is 1. The zero-order chi connectivity index (χ0) is 23.0. The second-order valence-electron chi connectivity index (χ2n) is 6.93. The molecule has 0 fully saturated rings. The number of rotatable bonds is 6. The number of esters is 1. The van der Waals surface area contributed by atoms with Crippen molar-refractivity contribution in [2.24, 2.45) is 0 Å². The smallest absolute Gasteiger partial charge is 0.348 e. The number of methoxy groups -OCH3 is 1. The van der Waals surface area contributed by atoms with Gasteiger partial charge in [-0.1, -0.05) is 5.16 Å². The first kappa shape index (κ1) is 21.7. The molecule has 0 radical (unpaired) electrons. The van der Waals surface area contributed by atoms with Gasteiger partial charge in [-0.2, -0.15) is 0 Å². The Kier molecular flexibility index (Phi) is 5.57. The molecular weight excluding hydrogens is 454 g/mol. The number of aromatic nitrogens is 3. The van der Waals surface area contributed by atoms with Crippen LogP contribution in [0.4, 0.5) is 17.4 Å². The summed E-state index contributed by atoms with van der Waals surface area (Å²) in [6, 6.07) is 6.15. The number of aryl methyl sites for hydroxylation is 2. The van der Waals surface area contributed by atoms with E-state index in [1.165, 1.54) is 36.9 Å². The van der Waals surface area contributed by atoms with E-state index in [9.17, 15) is 13.2 Å². The molecular formula is C20H19N5O5S2. The average Bonchev–Trinajstić information content (AvgIpc) is 3.28. The summed E-state index contributed by atoms with van der Waals surface area (Å²) in [7, 11) is -2.52. The van der Waals surface area contributed by atoms with E-state index >= 15 is 0 Å². The van der Waals surface area contributed by atoms with Crippen LogP contribution in [-0.2, 0) is 14.8 Å². The van der Waals surface area contributed by atoms with Gasteiger partial charge in [-0.3, -0.25) is 0 Å². The summed E-state index contributed by atoms with van der Waals surface area (Å²) >= 11 is 1.22. The van der Waals surface area contributed by atoms with E-state index in [0.717, 1.165) is 0 Å². The predicted octanol–water partition coefficient (Wildman–Crippen LogP) is 3.94. The zero-order valence-corrected chi connectivity index (χ0v) is 19.2. The number of nitrogens with zero attached hydrogens (tertiary/aromatic N) is 3. The van der Waals surface area contributed by atoms with Crippen LogP contribution < -0.4 is 10.0 Å². The van der Waals surface area contributed by atoms with Crippen LogP contribution in [0.1, 0.15) is 26.5 Å². The maximum Gasteiger partial charge on any atom is 0.348 e. The Morgan fingerprint density at radius 1 is 1.09 bits per heavy atom. The van der Waals surface area contributed by atoms with Crippen LogP contribution in [0.15, 0.2) is 40.0 Å². The summed E-state index contributed by atoms with van der Waals surface area (Å²) in [6.07, 6.45) is 1.39. The number of carbonyl (C=O) groups is 1. The molecule has 4 aromatic rings. The highest BCUT2D eigenvalue weighted by Gasteiger charge is 2.21. The van der Waals surface area contributed by atoms with Crippen LogP contribution in [0.5, 0.6) is 0 Å². The highest BCUT2D eigenvalue weighted by molar-refractivity contribution is 7.92. The first-order valence-corrected chi connectivity index (χ1v) is 11.7. The second-order valence-corrected chi connectivity index (χ2v) is 9.61. The lowest BCUT2D eigenvalue weighted by molar-refractivity contribution is 0.0605. The minimum absolute atomic E-state index is 0.0593. The number of thiophene rings is 1. The molecule has 2 N–H and O–H groups in total. The van der Waals surface area contributed by atoms with Crippen molar-refractivity contribution in [2.45, 2.75) is 25.7 Å². The fourth-order valence-corrected chi connectivity index (χ4v) is 5.11. The maximum atomic E-state index is 12.7. The highest BCUT2D eigenvalue weighted by Crippen LogP contribution is 2.35. The average molecular weight is 474 g/mol. The molecule has 3 heterocycles. The van der Waals surface area contributed by atoms with E-state index in [0.29, 0.717) is 43.4 Å². The molecule has 32 heavy (non-hydrogen) atoms. The number of sulfonamides is 1. The zero-order valence-electron chi connectivity index (χ0n) is 17.6. The summed E-state index contributed by atoms with van der Waals surface area (Å²) < 4.78 is 37.6. The van der Waals surface area contributed by atoms with Crippen molar-refractivity contribution in [3.8, 4) is 0 Å². The van der Waals surface area contributed by atoms with E-state index in [-0.39, 0.29) is 10.8 Å². The predicted molar refractivity (Wildman–Crippen MR) is 120 cm³/mol. The fraction of sp³-hybridized carbons (Fsp3) is 0.200. The third kappa shape index (κ3) is 3.89. The standard InChI is InChI=1S/C20H19N5O5S2/c1-10-12(3)24-30-18(10)25-32(27,28)14-7-5-13(6-8-14)23-17-15-11(2)16(20(26)29-4)31-19(15)22-9-21-17/h5-9,25H,1-4H3,(H,21,22,23). The van der Waals surface area contributed by atoms with Gasteiger partial charge in [0.15, 0.2) is 0 Å². The second kappa shape index (κ2) is 8.20. The maximum absolute atomic E-state index is 12.7. The van der Waals surface area contributed by atoms with Gasteiger partial charge in [-0.25, -0.2) is 27.9 Å². The van der Waals surface area contributed by atoms with Crippen LogP contribution in [0.25, 0.3) is 10.2 Å². The van der Waals surface area contributed by atoms with E-state index in [2.05, 4.69) is 25.2 Å². The molecule has 166 valence electrons. The van der Waals surface area contributed by atoms with Crippen LogP contribution >= 0.6 is 11.3 Å². The summed E-state index contributed by atoms with van der Waals surface area (Å²) in [4.78, 5) is 21.7. The number of anilines is 3. The molecule has 0 aliphatic heterocycles. The van der Waals surface area contributed by atoms with Gasteiger partial charge >= 0.3 is 5.97 Å².